The van der Waals surface area contributed by atoms with Crippen LogP contribution in [0.1, 0.15) is 52.4 Å². The van der Waals surface area contributed by atoms with Gasteiger partial charge in [-0.3, -0.25) is 30.0 Å². The van der Waals surface area contributed by atoms with E-state index >= 15 is 0 Å². The van der Waals surface area contributed by atoms with Crippen LogP contribution in [0.3, 0.4) is 0 Å². The van der Waals surface area contributed by atoms with E-state index in [1.54, 1.807) is 13.8 Å². The van der Waals surface area contributed by atoms with Crippen molar-refractivity contribution >= 4 is 35.2 Å². The highest BCUT2D eigenvalue weighted by molar-refractivity contribution is 6.35. The molecule has 27 heavy (non-hydrogen) atoms. The van der Waals surface area contributed by atoms with Crippen LogP contribution >= 0.6 is 11.6 Å². The van der Waals surface area contributed by atoms with E-state index in [9.17, 15) is 19.2 Å². The Morgan fingerprint density at radius 1 is 1.00 bits per heavy atom. The van der Waals surface area contributed by atoms with E-state index in [-0.39, 0.29) is 23.4 Å². The Bertz CT molecular complexity index is 652. The molecule has 4 fully saturated rings. The first kappa shape index (κ1) is 19.9. The molecule has 0 saturated heterocycles. The standard InChI is InChI=1S/C18H27ClN4O4/c1-10(2)21-14(25)15(26)23-22-13(24)8-20-16(27)17-4-11-3-12(5-17)7-18(19,6-11)9-17/h10-12H,3-9H2,1-2H3,(H,20,27)(H,21,25)(H,22,24)(H,23,26)/t11-,12+,17?,18?. The molecule has 0 aromatic rings. The lowest BCUT2D eigenvalue weighted by atomic mass is 9.49. The molecule has 0 aromatic heterocycles. The Labute approximate surface area is 163 Å². The summed E-state index contributed by atoms with van der Waals surface area (Å²) in [6.45, 7) is 3.17. The van der Waals surface area contributed by atoms with Crippen molar-refractivity contribution in [1.82, 2.24) is 21.5 Å². The van der Waals surface area contributed by atoms with E-state index in [0.717, 1.165) is 32.1 Å². The predicted molar refractivity (Wildman–Crippen MR) is 98.3 cm³/mol. The van der Waals surface area contributed by atoms with E-state index in [1.165, 1.54) is 0 Å². The molecule has 0 heterocycles. The molecule has 0 aliphatic heterocycles. The Morgan fingerprint density at radius 3 is 2.19 bits per heavy atom. The average Bonchev–Trinajstić information content (AvgIpc) is 2.54. The number of carbonyl (C=O) groups excluding carboxylic acids is 4. The van der Waals surface area contributed by atoms with Crippen LogP contribution in [0.4, 0.5) is 0 Å². The van der Waals surface area contributed by atoms with Crippen molar-refractivity contribution in [3.8, 4) is 0 Å². The number of alkyl halides is 1. The van der Waals surface area contributed by atoms with Gasteiger partial charge in [0.25, 0.3) is 5.91 Å². The minimum absolute atomic E-state index is 0.138. The largest absolute Gasteiger partial charge is 0.346 e. The van der Waals surface area contributed by atoms with Crippen molar-refractivity contribution in [2.24, 2.45) is 17.3 Å². The number of carbonyl (C=O) groups is 4. The summed E-state index contributed by atoms with van der Waals surface area (Å²) in [5.74, 6) is -1.56. The molecular formula is C18H27ClN4O4. The predicted octanol–water partition coefficient (Wildman–Crippen LogP) is 0.352. The molecule has 8 nitrogen and oxygen atoms in total. The number of nitrogens with one attached hydrogen (secondary N) is 4. The van der Waals surface area contributed by atoms with Crippen LogP contribution in [0.25, 0.3) is 0 Å². The van der Waals surface area contributed by atoms with Crippen LogP contribution in [0.2, 0.25) is 0 Å². The molecule has 4 atom stereocenters. The lowest BCUT2D eigenvalue weighted by Crippen LogP contribution is -2.59. The molecule has 0 radical (unpaired) electrons. The van der Waals surface area contributed by atoms with Gasteiger partial charge in [-0.1, -0.05) is 0 Å². The minimum atomic E-state index is -0.964. The van der Waals surface area contributed by atoms with Gasteiger partial charge in [0.05, 0.1) is 12.0 Å². The number of halogens is 1. The molecule has 4 aliphatic carbocycles. The molecule has 4 N–H and O–H groups in total. The van der Waals surface area contributed by atoms with Gasteiger partial charge in [-0.25, -0.2) is 0 Å². The molecule has 0 spiro atoms. The van der Waals surface area contributed by atoms with E-state index < -0.39 is 23.1 Å². The lowest BCUT2D eigenvalue weighted by Gasteiger charge is -2.59. The van der Waals surface area contributed by atoms with E-state index in [4.69, 9.17) is 11.6 Å². The first-order valence-corrected chi connectivity index (χ1v) is 9.85. The maximum absolute atomic E-state index is 12.8. The fourth-order valence-electron chi connectivity index (χ4n) is 5.32. The molecule has 4 aliphatic rings. The quantitative estimate of drug-likeness (QED) is 0.310. The van der Waals surface area contributed by atoms with Crippen LogP contribution in [0.15, 0.2) is 0 Å². The fourth-order valence-corrected chi connectivity index (χ4v) is 6.01. The van der Waals surface area contributed by atoms with Crippen molar-refractivity contribution in [2.75, 3.05) is 6.54 Å². The van der Waals surface area contributed by atoms with E-state index in [1.807, 2.05) is 5.43 Å². The normalized spacial score (nSPS) is 33.5. The summed E-state index contributed by atoms with van der Waals surface area (Å²) in [5, 5.41) is 5.09. The average molecular weight is 399 g/mol. The first-order chi connectivity index (χ1) is 12.6. The second-order valence-corrected chi connectivity index (χ2v) is 9.51. The number of rotatable bonds is 4. The molecule has 0 aromatic carbocycles. The van der Waals surface area contributed by atoms with Gasteiger partial charge in [-0.05, 0) is 64.2 Å². The number of hydrogen-bond acceptors (Lipinski definition) is 4. The molecule has 9 heteroatoms. The highest BCUT2D eigenvalue weighted by Gasteiger charge is 2.60. The Balaban J connectivity index is 1.46. The van der Waals surface area contributed by atoms with Gasteiger partial charge in [0.1, 0.15) is 0 Å². The third-order valence-electron chi connectivity index (χ3n) is 5.82. The van der Waals surface area contributed by atoms with Gasteiger partial charge >= 0.3 is 11.8 Å². The smallest absolute Gasteiger partial charge is 0.327 e. The summed E-state index contributed by atoms with van der Waals surface area (Å²) in [7, 11) is 0. The summed E-state index contributed by atoms with van der Waals surface area (Å²) in [5.41, 5.74) is 3.68. The minimum Gasteiger partial charge on any atom is -0.346 e. The summed E-state index contributed by atoms with van der Waals surface area (Å²) in [6.07, 6.45) is 5.42. The molecule has 2 unspecified atom stereocenters. The van der Waals surface area contributed by atoms with Crippen LogP contribution in [0.5, 0.6) is 0 Å². The zero-order valence-electron chi connectivity index (χ0n) is 15.7. The number of amides is 4. The summed E-state index contributed by atoms with van der Waals surface area (Å²) in [6, 6.07) is -0.191. The van der Waals surface area contributed by atoms with Crippen LogP contribution in [-0.4, -0.2) is 41.1 Å². The second-order valence-electron chi connectivity index (χ2n) is 8.71. The Kier molecular flexibility index (Phi) is 5.38. The Morgan fingerprint density at radius 2 is 1.63 bits per heavy atom. The lowest BCUT2D eigenvalue weighted by molar-refractivity contribution is -0.146. The van der Waals surface area contributed by atoms with Crippen LogP contribution in [0, 0.1) is 17.3 Å². The fraction of sp³-hybridized carbons (Fsp3) is 0.778. The zero-order valence-corrected chi connectivity index (χ0v) is 16.4. The van der Waals surface area contributed by atoms with Gasteiger partial charge in [0.2, 0.25) is 5.91 Å². The molecule has 4 bridgehead atoms. The van der Waals surface area contributed by atoms with Crippen LogP contribution in [-0.2, 0) is 19.2 Å². The summed E-state index contributed by atoms with van der Waals surface area (Å²) in [4.78, 5) is 47.4. The topological polar surface area (TPSA) is 116 Å². The molecule has 150 valence electrons. The number of hydrogen-bond donors (Lipinski definition) is 4. The van der Waals surface area contributed by atoms with Crippen molar-refractivity contribution in [3.05, 3.63) is 0 Å². The highest BCUT2D eigenvalue weighted by Crippen LogP contribution is 2.63. The molecule has 4 rings (SSSR count). The van der Waals surface area contributed by atoms with Gasteiger partial charge < -0.3 is 10.6 Å². The van der Waals surface area contributed by atoms with Gasteiger partial charge in [0, 0.05) is 10.9 Å². The first-order valence-electron chi connectivity index (χ1n) is 9.48. The third-order valence-corrected chi connectivity index (χ3v) is 6.26. The van der Waals surface area contributed by atoms with Gasteiger partial charge in [0.15, 0.2) is 0 Å². The summed E-state index contributed by atoms with van der Waals surface area (Å²) >= 11 is 6.73. The monoisotopic (exact) mass is 398 g/mol. The van der Waals surface area contributed by atoms with Crippen molar-refractivity contribution in [3.63, 3.8) is 0 Å². The SMILES string of the molecule is CC(C)NC(=O)C(=O)NNC(=O)CNC(=O)C12C[C@@H]3C[C@@H](CC(Cl)(C3)C1)C2. The molecule has 4 amide bonds. The maximum atomic E-state index is 12.8. The maximum Gasteiger partial charge on any atom is 0.327 e. The van der Waals surface area contributed by atoms with Crippen molar-refractivity contribution in [2.45, 2.75) is 63.3 Å². The zero-order chi connectivity index (χ0) is 19.8. The van der Waals surface area contributed by atoms with Crippen molar-refractivity contribution in [1.29, 1.82) is 0 Å². The van der Waals surface area contributed by atoms with Gasteiger partial charge in [-0.15, -0.1) is 11.6 Å². The van der Waals surface area contributed by atoms with Crippen molar-refractivity contribution < 1.29 is 19.2 Å². The molecular weight excluding hydrogens is 372 g/mol. The third kappa shape index (κ3) is 4.36. The van der Waals surface area contributed by atoms with Crippen LogP contribution < -0.4 is 21.5 Å². The highest BCUT2D eigenvalue weighted by atomic mass is 35.5. The number of hydrazine groups is 1. The van der Waals surface area contributed by atoms with Gasteiger partial charge in [-0.2, -0.15) is 0 Å². The summed E-state index contributed by atoms with van der Waals surface area (Å²) < 4.78 is 0. The Hall–Kier alpha value is -1.83. The van der Waals surface area contributed by atoms with E-state index in [2.05, 4.69) is 16.1 Å². The molecule has 4 saturated carbocycles. The van der Waals surface area contributed by atoms with E-state index in [0.29, 0.717) is 18.3 Å². The second kappa shape index (κ2) is 7.30.